The summed E-state index contributed by atoms with van der Waals surface area (Å²) in [7, 11) is 1.21. The fourth-order valence-electron chi connectivity index (χ4n) is 0.754. The van der Waals surface area contributed by atoms with Crippen molar-refractivity contribution in [2.24, 2.45) is 0 Å². The Balaban J connectivity index is 2.49. The first-order valence-electron chi connectivity index (χ1n) is 3.48. The normalized spacial score (nSPS) is 15.2. The van der Waals surface area contributed by atoms with Crippen LogP contribution in [0.5, 0.6) is 0 Å². The van der Waals surface area contributed by atoms with Gasteiger partial charge in [-0.2, -0.15) is 0 Å². The molecule has 1 unspecified atom stereocenters. The van der Waals surface area contributed by atoms with Crippen molar-refractivity contribution in [3.05, 3.63) is 35.9 Å². The zero-order chi connectivity index (χ0) is 9.73. The lowest BCUT2D eigenvalue weighted by molar-refractivity contribution is 0.356. The lowest BCUT2D eigenvalue weighted by Crippen LogP contribution is -1.84. The lowest BCUT2D eigenvalue weighted by Gasteiger charge is -2.11. The van der Waals surface area contributed by atoms with Crippen molar-refractivity contribution in [3.8, 4) is 0 Å². The molecule has 0 aromatic heterocycles. The minimum Gasteiger partial charge on any atom is -0.329 e. The summed E-state index contributed by atoms with van der Waals surface area (Å²) in [5.41, 5.74) is 1.10. The summed E-state index contributed by atoms with van der Waals surface area (Å²) in [5, 5.41) is 0. The van der Waals surface area contributed by atoms with Gasteiger partial charge in [0.05, 0.1) is 6.61 Å². The van der Waals surface area contributed by atoms with Crippen LogP contribution >= 0.6 is 39.0 Å². The van der Waals surface area contributed by atoms with Crippen molar-refractivity contribution in [2.75, 3.05) is 0 Å². The molecule has 0 saturated carbocycles. The number of hydrogen-bond acceptors (Lipinski definition) is 4. The molecule has 0 aliphatic rings. The van der Waals surface area contributed by atoms with E-state index >= 15 is 0 Å². The van der Waals surface area contributed by atoms with E-state index in [1.807, 2.05) is 30.3 Å². The van der Waals surface area contributed by atoms with Gasteiger partial charge >= 0.3 is 0 Å². The number of hydrogen-bond donors (Lipinski definition) is 2. The maximum Gasteiger partial charge on any atom is 0.182 e. The van der Waals surface area contributed by atoms with Gasteiger partial charge < -0.3 is 4.52 Å². The van der Waals surface area contributed by atoms with Crippen LogP contribution in [0.25, 0.3) is 0 Å². The summed E-state index contributed by atoms with van der Waals surface area (Å²) >= 11 is 13.3. The van der Waals surface area contributed by atoms with Crippen LogP contribution in [0.15, 0.2) is 30.3 Å². The Labute approximate surface area is 97.4 Å². The van der Waals surface area contributed by atoms with Gasteiger partial charge in [-0.15, -0.1) is 23.9 Å². The molecule has 0 aliphatic heterocycles. The van der Waals surface area contributed by atoms with Gasteiger partial charge in [0.2, 0.25) is 0 Å². The molecule has 0 bridgehead atoms. The second-order valence-electron chi connectivity index (χ2n) is 2.31. The third-order valence-electron chi connectivity index (χ3n) is 1.34. The quantitative estimate of drug-likeness (QED) is 0.487. The van der Waals surface area contributed by atoms with Crippen molar-refractivity contribution < 1.29 is 4.52 Å². The van der Waals surface area contributed by atoms with E-state index in [1.54, 1.807) is 0 Å². The summed E-state index contributed by atoms with van der Waals surface area (Å²) in [5.74, 6) is 0. The highest BCUT2D eigenvalue weighted by atomic mass is 33.5. The van der Waals surface area contributed by atoms with Crippen molar-refractivity contribution in [2.45, 2.75) is 6.61 Å². The molecular weight excluding hydrogens is 259 g/mol. The SMILES string of the molecule is S=P(S)(OCc1ccccc1)SS. The van der Waals surface area contributed by atoms with Gasteiger partial charge in [-0.3, -0.25) is 0 Å². The average molecular weight is 268 g/mol. The molecule has 0 aliphatic carbocycles. The van der Waals surface area contributed by atoms with E-state index in [1.165, 1.54) is 10.4 Å². The fraction of sp³-hybridized carbons (Fsp3) is 0.143. The Hall–Kier alpha value is 0.880. The molecule has 0 saturated heterocycles. The zero-order valence-corrected chi connectivity index (χ0v) is 11.0. The molecule has 1 rings (SSSR count). The Kier molecular flexibility index (Phi) is 5.23. The lowest BCUT2D eigenvalue weighted by atomic mass is 10.2. The van der Waals surface area contributed by atoms with Gasteiger partial charge in [0.15, 0.2) is 4.67 Å². The second kappa shape index (κ2) is 5.69. The Morgan fingerprint density at radius 2 is 2.00 bits per heavy atom. The molecule has 0 N–H and O–H groups in total. The standard InChI is InChI=1S/C7H9OPS4/c10-9(11,13-12)8-6-7-4-2-1-3-5-7/h1-5,12H,6H2,(H,10,11). The smallest absolute Gasteiger partial charge is 0.182 e. The van der Waals surface area contributed by atoms with E-state index in [-0.39, 0.29) is 0 Å². The van der Waals surface area contributed by atoms with Crippen LogP contribution in [0, 0.1) is 0 Å². The van der Waals surface area contributed by atoms with Gasteiger partial charge in [-0.05, 0) is 27.8 Å². The molecule has 0 heterocycles. The summed E-state index contributed by atoms with van der Waals surface area (Å²) in [4.78, 5) is 0. The Morgan fingerprint density at radius 3 is 2.54 bits per heavy atom. The summed E-state index contributed by atoms with van der Waals surface area (Å²) < 4.78 is 3.41. The summed E-state index contributed by atoms with van der Waals surface area (Å²) in [6.45, 7) is 0.509. The van der Waals surface area contributed by atoms with Crippen LogP contribution in [-0.4, -0.2) is 0 Å². The maximum atomic E-state index is 5.44. The van der Waals surface area contributed by atoms with Crippen LogP contribution in [0.2, 0.25) is 0 Å². The zero-order valence-electron chi connectivity index (χ0n) is 6.66. The van der Waals surface area contributed by atoms with E-state index in [9.17, 15) is 0 Å². The first-order chi connectivity index (χ1) is 6.14. The first kappa shape index (κ1) is 12.0. The molecule has 1 aromatic carbocycles. The van der Waals surface area contributed by atoms with E-state index in [2.05, 4.69) is 23.9 Å². The molecule has 13 heavy (non-hydrogen) atoms. The van der Waals surface area contributed by atoms with Crippen LogP contribution in [0.1, 0.15) is 5.56 Å². The maximum absolute atomic E-state index is 5.44. The van der Waals surface area contributed by atoms with Crippen molar-refractivity contribution >= 4 is 50.8 Å². The third-order valence-corrected chi connectivity index (χ3v) is 9.23. The third kappa shape index (κ3) is 4.77. The summed E-state index contributed by atoms with van der Waals surface area (Å²) in [6.07, 6.45) is 0. The monoisotopic (exact) mass is 268 g/mol. The van der Waals surface area contributed by atoms with Gasteiger partial charge in [0.25, 0.3) is 0 Å². The van der Waals surface area contributed by atoms with Crippen LogP contribution in [-0.2, 0) is 22.9 Å². The van der Waals surface area contributed by atoms with E-state index in [0.29, 0.717) is 6.61 Å². The number of rotatable bonds is 4. The summed E-state index contributed by atoms with van der Waals surface area (Å²) in [6, 6.07) is 9.88. The average Bonchev–Trinajstić information content (AvgIpc) is 2.17. The predicted octanol–water partition coefficient (Wildman–Crippen LogP) is 3.94. The van der Waals surface area contributed by atoms with Gasteiger partial charge in [-0.1, -0.05) is 30.3 Å². The predicted molar refractivity (Wildman–Crippen MR) is 71.1 cm³/mol. The number of benzene rings is 1. The van der Waals surface area contributed by atoms with E-state index in [4.69, 9.17) is 16.3 Å². The fourth-order valence-corrected chi connectivity index (χ4v) is 2.17. The van der Waals surface area contributed by atoms with E-state index in [0.717, 1.165) is 5.56 Å². The minimum absolute atomic E-state index is 0.509. The Bertz CT molecular complexity index is 303. The van der Waals surface area contributed by atoms with Crippen molar-refractivity contribution in [1.29, 1.82) is 0 Å². The first-order valence-corrected chi connectivity index (χ1v) is 9.83. The number of thiol groups is 2. The molecular formula is C7H9OPS4. The molecule has 0 fully saturated rings. The molecule has 6 heteroatoms. The second-order valence-corrected chi connectivity index (χ2v) is 12.7. The molecule has 72 valence electrons. The minimum atomic E-state index is -2.03. The highest BCUT2D eigenvalue weighted by molar-refractivity contribution is 9.12. The largest absolute Gasteiger partial charge is 0.329 e. The van der Waals surface area contributed by atoms with Crippen molar-refractivity contribution in [1.82, 2.24) is 0 Å². The Morgan fingerprint density at radius 1 is 1.38 bits per heavy atom. The molecule has 1 nitrogen and oxygen atoms in total. The van der Waals surface area contributed by atoms with Gasteiger partial charge in [-0.25, -0.2) is 0 Å². The molecule has 1 atom stereocenters. The topological polar surface area (TPSA) is 9.23 Å². The van der Waals surface area contributed by atoms with Gasteiger partial charge in [0.1, 0.15) is 0 Å². The van der Waals surface area contributed by atoms with Crippen LogP contribution in [0.3, 0.4) is 0 Å². The molecule has 0 spiro atoms. The highest BCUT2D eigenvalue weighted by Crippen LogP contribution is 2.66. The molecule has 0 radical (unpaired) electrons. The highest BCUT2D eigenvalue weighted by Gasteiger charge is 2.10. The van der Waals surface area contributed by atoms with Crippen molar-refractivity contribution in [3.63, 3.8) is 0 Å². The van der Waals surface area contributed by atoms with Crippen LogP contribution in [0.4, 0.5) is 0 Å². The van der Waals surface area contributed by atoms with Gasteiger partial charge in [0, 0.05) is 0 Å². The van der Waals surface area contributed by atoms with Crippen LogP contribution < -0.4 is 0 Å². The molecule has 0 amide bonds. The molecule has 1 aromatic rings. The van der Waals surface area contributed by atoms with E-state index < -0.39 is 4.67 Å².